The maximum Gasteiger partial charge on any atom is 0.354 e. The van der Waals surface area contributed by atoms with Crippen LogP contribution >= 0.6 is 7.60 Å². The van der Waals surface area contributed by atoms with E-state index in [-0.39, 0.29) is 0 Å². The van der Waals surface area contributed by atoms with Gasteiger partial charge in [0.25, 0.3) is 0 Å². The predicted molar refractivity (Wildman–Crippen MR) is 82.6 cm³/mol. The Bertz CT molecular complexity index is 420. The second-order valence-electron chi connectivity index (χ2n) is 4.52. The molecule has 0 saturated heterocycles. The molecule has 0 N–H and O–H groups in total. The summed E-state index contributed by atoms with van der Waals surface area (Å²) in [6, 6.07) is 3.73. The van der Waals surface area contributed by atoms with Crippen LogP contribution < -0.4 is 0 Å². The highest BCUT2D eigenvalue weighted by Gasteiger charge is 2.20. The van der Waals surface area contributed by atoms with Crippen LogP contribution in [0, 0.1) is 0 Å². The molecule has 0 amide bonds. The van der Waals surface area contributed by atoms with Gasteiger partial charge >= 0.3 is 7.60 Å². The lowest BCUT2D eigenvalue weighted by Gasteiger charge is -2.15. The van der Waals surface area contributed by atoms with Gasteiger partial charge in [0.2, 0.25) is 0 Å². The molecule has 0 aliphatic heterocycles. The first-order chi connectivity index (χ1) is 9.70. The number of pyridine rings is 1. The number of aromatic nitrogens is 1. The zero-order valence-electron chi connectivity index (χ0n) is 12.3. The number of nitrogens with zero attached hydrogens (tertiary/aromatic N) is 1. The Labute approximate surface area is 121 Å². The topological polar surface area (TPSA) is 48.4 Å². The fourth-order valence-corrected chi connectivity index (χ4v) is 2.82. The first-order valence-electron chi connectivity index (χ1n) is 7.18. The van der Waals surface area contributed by atoms with Crippen molar-refractivity contribution in [1.82, 2.24) is 4.98 Å². The Morgan fingerprint density at radius 2 is 1.85 bits per heavy atom. The van der Waals surface area contributed by atoms with Gasteiger partial charge in [0, 0.05) is 18.2 Å². The average Bonchev–Trinajstić information content (AvgIpc) is 2.47. The van der Waals surface area contributed by atoms with E-state index in [4.69, 9.17) is 9.05 Å². The molecule has 0 saturated carbocycles. The van der Waals surface area contributed by atoms with Crippen LogP contribution in [-0.2, 0) is 13.6 Å². The van der Waals surface area contributed by atoms with E-state index in [1.54, 1.807) is 18.5 Å². The summed E-state index contributed by atoms with van der Waals surface area (Å²) in [4.78, 5) is 4.01. The molecule has 0 aromatic carbocycles. The summed E-state index contributed by atoms with van der Waals surface area (Å²) in [5.41, 5.74) is 0.880. The first kappa shape index (κ1) is 17.1. The third kappa shape index (κ3) is 6.99. The van der Waals surface area contributed by atoms with Gasteiger partial charge in [0.05, 0.1) is 13.2 Å². The van der Waals surface area contributed by atoms with Gasteiger partial charge in [0.1, 0.15) is 0 Å². The molecule has 0 bridgehead atoms. The minimum absolute atomic E-state index is 0.456. The summed E-state index contributed by atoms with van der Waals surface area (Å²) in [5.74, 6) is 1.54. The summed E-state index contributed by atoms with van der Waals surface area (Å²) in [6.07, 6.45) is 8.91. The third-order valence-corrected chi connectivity index (χ3v) is 4.27. The van der Waals surface area contributed by atoms with Gasteiger partial charge in [-0.05, 0) is 30.5 Å². The summed E-state index contributed by atoms with van der Waals surface area (Å²) < 4.78 is 23.5. The van der Waals surface area contributed by atoms with Gasteiger partial charge in [-0.2, -0.15) is 0 Å². The van der Waals surface area contributed by atoms with Crippen molar-refractivity contribution in [3.05, 3.63) is 35.9 Å². The fourth-order valence-electron chi connectivity index (χ4n) is 1.45. The lowest BCUT2D eigenvalue weighted by atomic mass is 10.3. The lowest BCUT2D eigenvalue weighted by Crippen LogP contribution is -1.97. The summed E-state index contributed by atoms with van der Waals surface area (Å²) >= 11 is 0. The van der Waals surface area contributed by atoms with Gasteiger partial charge in [-0.3, -0.25) is 9.55 Å². The smallest absolute Gasteiger partial charge is 0.306 e. The van der Waals surface area contributed by atoms with Crippen LogP contribution in [0.2, 0.25) is 0 Å². The second-order valence-corrected chi connectivity index (χ2v) is 6.41. The number of unbranched alkanes of at least 4 members (excludes halogenated alkanes) is 2. The quantitative estimate of drug-likeness (QED) is 0.456. The monoisotopic (exact) mass is 297 g/mol. The van der Waals surface area contributed by atoms with Gasteiger partial charge in [-0.1, -0.05) is 32.8 Å². The Kier molecular flexibility index (Phi) is 8.43. The maximum atomic E-state index is 12.6. The predicted octanol–water partition coefficient (Wildman–Crippen LogP) is 4.88. The molecule has 0 spiro atoms. The third-order valence-electron chi connectivity index (χ3n) is 2.67. The van der Waals surface area contributed by atoms with E-state index in [9.17, 15) is 4.57 Å². The number of rotatable bonds is 10. The number of hydrogen-bond donors (Lipinski definition) is 0. The molecule has 20 heavy (non-hydrogen) atoms. The van der Waals surface area contributed by atoms with Crippen LogP contribution in [0.3, 0.4) is 0 Å². The standard InChI is InChI=1S/C15H24NO3P/c1-3-5-11-18-20(17,19-12-6-4-2)13-9-15-8-7-10-16-14-15/h7-10,13-14H,3-6,11-12H2,1-2H3/b13-9+. The fraction of sp³-hybridized carbons (Fsp3) is 0.533. The lowest BCUT2D eigenvalue weighted by molar-refractivity contribution is 0.208. The van der Waals surface area contributed by atoms with Crippen LogP contribution in [0.1, 0.15) is 45.1 Å². The molecule has 5 heteroatoms. The minimum Gasteiger partial charge on any atom is -0.306 e. The second kappa shape index (κ2) is 9.87. The van der Waals surface area contributed by atoms with Crippen molar-refractivity contribution in [3.63, 3.8) is 0 Å². The molecular formula is C15H24NO3P. The molecule has 0 fully saturated rings. The van der Waals surface area contributed by atoms with E-state index < -0.39 is 7.60 Å². The van der Waals surface area contributed by atoms with Gasteiger partial charge in [-0.25, -0.2) is 0 Å². The molecule has 0 aliphatic rings. The van der Waals surface area contributed by atoms with Crippen molar-refractivity contribution in [1.29, 1.82) is 0 Å². The average molecular weight is 297 g/mol. The van der Waals surface area contributed by atoms with Gasteiger partial charge in [0.15, 0.2) is 0 Å². The van der Waals surface area contributed by atoms with Gasteiger partial charge in [-0.15, -0.1) is 0 Å². The summed E-state index contributed by atoms with van der Waals surface area (Å²) in [6.45, 7) is 5.05. The normalized spacial score (nSPS) is 12.1. The molecule has 4 nitrogen and oxygen atoms in total. The molecule has 0 aliphatic carbocycles. The molecule has 112 valence electrons. The molecule has 1 heterocycles. The zero-order chi connectivity index (χ0) is 14.7. The van der Waals surface area contributed by atoms with E-state index in [1.165, 1.54) is 5.82 Å². The Morgan fingerprint density at radius 1 is 1.20 bits per heavy atom. The molecule has 1 aromatic rings. The van der Waals surface area contributed by atoms with Gasteiger partial charge < -0.3 is 9.05 Å². The van der Waals surface area contributed by atoms with E-state index in [0.717, 1.165) is 31.2 Å². The van der Waals surface area contributed by atoms with E-state index >= 15 is 0 Å². The Balaban J connectivity index is 2.65. The Hall–Kier alpha value is -0.960. The molecule has 0 atom stereocenters. The van der Waals surface area contributed by atoms with Crippen LogP contribution in [0.4, 0.5) is 0 Å². The van der Waals surface area contributed by atoms with E-state index in [0.29, 0.717) is 13.2 Å². The Morgan fingerprint density at radius 3 is 2.35 bits per heavy atom. The van der Waals surface area contributed by atoms with Crippen LogP contribution in [0.5, 0.6) is 0 Å². The highest BCUT2D eigenvalue weighted by atomic mass is 31.2. The first-order valence-corrected chi connectivity index (χ1v) is 8.79. The van der Waals surface area contributed by atoms with Crippen LogP contribution in [0.15, 0.2) is 30.3 Å². The van der Waals surface area contributed by atoms with Crippen molar-refractivity contribution >= 4 is 13.7 Å². The highest BCUT2D eigenvalue weighted by molar-refractivity contribution is 7.57. The van der Waals surface area contributed by atoms with Crippen molar-refractivity contribution in [2.75, 3.05) is 13.2 Å². The van der Waals surface area contributed by atoms with Crippen LogP contribution in [0.25, 0.3) is 6.08 Å². The van der Waals surface area contributed by atoms with Crippen LogP contribution in [-0.4, -0.2) is 18.2 Å². The number of hydrogen-bond acceptors (Lipinski definition) is 4. The highest BCUT2D eigenvalue weighted by Crippen LogP contribution is 2.50. The summed E-state index contributed by atoms with van der Waals surface area (Å²) in [5, 5.41) is 0. The molecular weight excluding hydrogens is 273 g/mol. The van der Waals surface area contributed by atoms with Crippen molar-refractivity contribution in [2.45, 2.75) is 39.5 Å². The largest absolute Gasteiger partial charge is 0.354 e. The molecule has 1 aromatic heterocycles. The molecule has 0 unspecified atom stereocenters. The van der Waals surface area contributed by atoms with E-state index in [1.807, 2.05) is 12.1 Å². The zero-order valence-corrected chi connectivity index (χ0v) is 13.2. The molecule has 1 rings (SSSR count). The molecule has 0 radical (unpaired) electrons. The summed E-state index contributed by atoms with van der Waals surface area (Å²) in [7, 11) is -3.15. The van der Waals surface area contributed by atoms with Crippen molar-refractivity contribution < 1.29 is 13.6 Å². The van der Waals surface area contributed by atoms with Crippen molar-refractivity contribution in [3.8, 4) is 0 Å². The maximum absolute atomic E-state index is 12.6. The van der Waals surface area contributed by atoms with E-state index in [2.05, 4.69) is 18.8 Å². The van der Waals surface area contributed by atoms with Crippen molar-refractivity contribution in [2.24, 2.45) is 0 Å². The SMILES string of the molecule is CCCCOP(=O)(/C=C/c1cccnc1)OCCCC. The minimum atomic E-state index is -3.15.